The van der Waals surface area contributed by atoms with E-state index in [-0.39, 0.29) is 25.7 Å². The Labute approximate surface area is 168 Å². The van der Waals surface area contributed by atoms with Gasteiger partial charge in [0.15, 0.2) is 0 Å². The summed E-state index contributed by atoms with van der Waals surface area (Å²) in [7, 11) is 1.60. The number of aromatic nitrogens is 2. The zero-order valence-electron chi connectivity index (χ0n) is 16.5. The molecular formula is C23H24F2N2O2. The fourth-order valence-corrected chi connectivity index (χ4v) is 3.74. The van der Waals surface area contributed by atoms with Crippen molar-refractivity contribution >= 4 is 0 Å². The molecule has 0 unspecified atom stereocenters. The lowest BCUT2D eigenvalue weighted by atomic mass is 9.80. The third-order valence-corrected chi connectivity index (χ3v) is 5.66. The van der Waals surface area contributed by atoms with Crippen molar-refractivity contribution in [1.29, 1.82) is 0 Å². The second-order valence-electron chi connectivity index (χ2n) is 7.78. The summed E-state index contributed by atoms with van der Waals surface area (Å²) in [6.45, 7) is 2.01. The van der Waals surface area contributed by atoms with Gasteiger partial charge in [-0.1, -0.05) is 29.8 Å². The van der Waals surface area contributed by atoms with Gasteiger partial charge in [0.2, 0.25) is 5.92 Å². The number of hydrogen-bond acceptors (Lipinski definition) is 3. The Morgan fingerprint density at radius 3 is 2.17 bits per heavy atom. The Bertz CT molecular complexity index is 985. The third-order valence-electron chi connectivity index (χ3n) is 5.66. The highest BCUT2D eigenvalue weighted by molar-refractivity contribution is 5.63. The number of rotatable bonds is 4. The molecule has 2 aromatic carbocycles. The van der Waals surface area contributed by atoms with Gasteiger partial charge in [-0.2, -0.15) is 5.10 Å². The third kappa shape index (κ3) is 3.90. The van der Waals surface area contributed by atoms with E-state index in [0.717, 1.165) is 28.3 Å². The van der Waals surface area contributed by atoms with Gasteiger partial charge in [-0.25, -0.2) is 13.5 Å². The topological polar surface area (TPSA) is 47.3 Å². The number of aliphatic hydroxyl groups is 1. The molecule has 0 saturated heterocycles. The van der Waals surface area contributed by atoms with Crippen molar-refractivity contribution in [2.75, 3.05) is 7.11 Å². The number of nitrogens with zero attached hydrogens (tertiary/aromatic N) is 2. The predicted octanol–water partition coefficient (Wildman–Crippen LogP) is 5.25. The first-order valence-electron chi connectivity index (χ1n) is 9.72. The molecule has 3 aromatic rings. The standard InChI is InChI=1S/C23H24F2N2O2/c1-16-3-5-17(6-4-16)20-15-21(22(28)11-13-23(24,25)14-12-22)26-27(20)18-7-9-19(29-2)10-8-18/h3-10,15,28H,11-14H2,1-2H3. The number of ether oxygens (including phenoxy) is 1. The summed E-state index contributed by atoms with van der Waals surface area (Å²) >= 11 is 0. The minimum absolute atomic E-state index is 0.00698. The van der Waals surface area contributed by atoms with Crippen molar-refractivity contribution in [3.8, 4) is 22.7 Å². The molecule has 0 aliphatic heterocycles. The van der Waals surface area contributed by atoms with E-state index in [9.17, 15) is 13.9 Å². The number of hydrogen-bond donors (Lipinski definition) is 1. The smallest absolute Gasteiger partial charge is 0.248 e. The number of benzene rings is 2. The average Bonchev–Trinajstić information content (AvgIpc) is 3.17. The largest absolute Gasteiger partial charge is 0.497 e. The van der Waals surface area contributed by atoms with E-state index in [4.69, 9.17) is 4.74 Å². The van der Waals surface area contributed by atoms with Gasteiger partial charge in [0, 0.05) is 18.4 Å². The fourth-order valence-electron chi connectivity index (χ4n) is 3.74. The summed E-state index contributed by atoms with van der Waals surface area (Å²) in [5, 5.41) is 15.8. The molecule has 1 N–H and O–H groups in total. The first-order chi connectivity index (χ1) is 13.8. The van der Waals surface area contributed by atoms with Crippen LogP contribution in [-0.2, 0) is 5.60 Å². The molecule has 1 aromatic heterocycles. The van der Waals surface area contributed by atoms with Gasteiger partial charge in [0.05, 0.1) is 24.2 Å². The van der Waals surface area contributed by atoms with Crippen LogP contribution in [0.2, 0.25) is 0 Å². The average molecular weight is 398 g/mol. The first-order valence-corrected chi connectivity index (χ1v) is 9.72. The maximum Gasteiger partial charge on any atom is 0.248 e. The highest BCUT2D eigenvalue weighted by atomic mass is 19.3. The maximum absolute atomic E-state index is 13.6. The second-order valence-corrected chi connectivity index (χ2v) is 7.78. The van der Waals surface area contributed by atoms with Crippen molar-refractivity contribution in [3.63, 3.8) is 0 Å². The van der Waals surface area contributed by atoms with Gasteiger partial charge in [-0.15, -0.1) is 0 Å². The number of alkyl halides is 2. The lowest BCUT2D eigenvalue weighted by Crippen LogP contribution is -2.36. The van der Waals surface area contributed by atoms with Crippen LogP contribution in [0.4, 0.5) is 8.78 Å². The molecule has 1 aliphatic carbocycles. The zero-order chi connectivity index (χ0) is 20.6. The molecule has 1 saturated carbocycles. The molecule has 4 rings (SSSR count). The SMILES string of the molecule is COc1ccc(-n2nc(C3(O)CCC(F)(F)CC3)cc2-c2ccc(C)cc2)cc1. The molecule has 1 aliphatic rings. The Kier molecular flexibility index (Phi) is 4.90. The number of methoxy groups -OCH3 is 1. The van der Waals surface area contributed by atoms with E-state index >= 15 is 0 Å². The second kappa shape index (κ2) is 7.26. The van der Waals surface area contributed by atoms with Crippen LogP contribution in [0.15, 0.2) is 54.6 Å². The van der Waals surface area contributed by atoms with E-state index in [1.807, 2.05) is 61.5 Å². The van der Waals surface area contributed by atoms with Crippen molar-refractivity contribution in [3.05, 3.63) is 65.9 Å². The fraction of sp³-hybridized carbons (Fsp3) is 0.348. The van der Waals surface area contributed by atoms with Gasteiger partial charge >= 0.3 is 0 Å². The van der Waals surface area contributed by atoms with E-state index < -0.39 is 11.5 Å². The normalized spacial score (nSPS) is 17.8. The van der Waals surface area contributed by atoms with Gasteiger partial charge < -0.3 is 9.84 Å². The summed E-state index contributed by atoms with van der Waals surface area (Å²) in [5.41, 5.74) is 2.76. The van der Waals surface area contributed by atoms with Crippen LogP contribution in [0.25, 0.3) is 16.9 Å². The van der Waals surface area contributed by atoms with E-state index in [2.05, 4.69) is 5.10 Å². The molecule has 1 heterocycles. The quantitative estimate of drug-likeness (QED) is 0.653. The minimum atomic E-state index is -2.72. The van der Waals surface area contributed by atoms with Crippen LogP contribution in [-0.4, -0.2) is 27.9 Å². The molecule has 0 atom stereocenters. The zero-order valence-corrected chi connectivity index (χ0v) is 16.5. The Morgan fingerprint density at radius 1 is 0.966 bits per heavy atom. The molecule has 0 spiro atoms. The lowest BCUT2D eigenvalue weighted by molar-refractivity contribution is -0.108. The Hall–Kier alpha value is -2.73. The Morgan fingerprint density at radius 2 is 1.59 bits per heavy atom. The minimum Gasteiger partial charge on any atom is -0.497 e. The maximum atomic E-state index is 13.6. The lowest BCUT2D eigenvalue weighted by Gasteiger charge is -2.34. The van der Waals surface area contributed by atoms with Gasteiger partial charge in [-0.05, 0) is 50.1 Å². The summed E-state index contributed by atoms with van der Waals surface area (Å²) in [6, 6.07) is 17.3. The molecule has 6 heteroatoms. The molecule has 0 bridgehead atoms. The monoisotopic (exact) mass is 398 g/mol. The molecule has 4 nitrogen and oxygen atoms in total. The summed E-state index contributed by atoms with van der Waals surface area (Å²) < 4.78 is 34.3. The molecule has 0 radical (unpaired) electrons. The van der Waals surface area contributed by atoms with Crippen LogP contribution in [0, 0.1) is 6.92 Å². The summed E-state index contributed by atoms with van der Waals surface area (Å²) in [5.74, 6) is -1.99. The van der Waals surface area contributed by atoms with Gasteiger partial charge in [0.25, 0.3) is 0 Å². The van der Waals surface area contributed by atoms with E-state index in [1.54, 1.807) is 11.8 Å². The molecule has 29 heavy (non-hydrogen) atoms. The highest BCUT2D eigenvalue weighted by Crippen LogP contribution is 2.44. The number of aryl methyl sites for hydroxylation is 1. The predicted molar refractivity (Wildman–Crippen MR) is 108 cm³/mol. The van der Waals surface area contributed by atoms with Crippen LogP contribution < -0.4 is 4.74 Å². The first kappa shape index (κ1) is 19.6. The van der Waals surface area contributed by atoms with E-state index in [1.165, 1.54) is 0 Å². The molecular weight excluding hydrogens is 374 g/mol. The van der Waals surface area contributed by atoms with Crippen molar-refractivity contribution < 1.29 is 18.6 Å². The summed E-state index contributed by atoms with van der Waals surface area (Å²) in [6.07, 6.45) is -0.683. The van der Waals surface area contributed by atoms with Crippen LogP contribution in [0.1, 0.15) is 36.9 Å². The Balaban J connectivity index is 1.79. The van der Waals surface area contributed by atoms with Crippen molar-refractivity contribution in [1.82, 2.24) is 9.78 Å². The van der Waals surface area contributed by atoms with E-state index in [0.29, 0.717) is 5.69 Å². The van der Waals surface area contributed by atoms with Gasteiger partial charge in [-0.3, -0.25) is 0 Å². The van der Waals surface area contributed by atoms with Crippen molar-refractivity contribution in [2.45, 2.75) is 44.1 Å². The van der Waals surface area contributed by atoms with Crippen LogP contribution in [0.5, 0.6) is 5.75 Å². The molecule has 0 amide bonds. The molecule has 152 valence electrons. The molecule has 1 fully saturated rings. The van der Waals surface area contributed by atoms with Crippen LogP contribution >= 0.6 is 0 Å². The summed E-state index contributed by atoms with van der Waals surface area (Å²) in [4.78, 5) is 0. The van der Waals surface area contributed by atoms with Crippen molar-refractivity contribution in [2.24, 2.45) is 0 Å². The van der Waals surface area contributed by atoms with Crippen LogP contribution in [0.3, 0.4) is 0 Å². The highest BCUT2D eigenvalue weighted by Gasteiger charge is 2.44. The number of halogens is 2. The van der Waals surface area contributed by atoms with Gasteiger partial charge in [0.1, 0.15) is 11.4 Å².